The number of imidazole rings is 1. The maximum atomic E-state index is 12.1. The minimum Gasteiger partial charge on any atom is -0.383 e. The number of rotatable bonds is 6. The average molecular weight is 411 g/mol. The summed E-state index contributed by atoms with van der Waals surface area (Å²) in [7, 11) is 1.98. The molecular formula is C22H30N6O2. The number of nitrogens with zero attached hydrogens (tertiary/aromatic N) is 3. The summed E-state index contributed by atoms with van der Waals surface area (Å²) < 4.78 is 6.98. The van der Waals surface area contributed by atoms with Crippen molar-refractivity contribution in [3.8, 4) is 11.4 Å². The van der Waals surface area contributed by atoms with E-state index < -0.39 is 0 Å². The van der Waals surface area contributed by atoms with E-state index in [1.54, 1.807) is 10.6 Å². The Hall–Kier alpha value is -2.71. The van der Waals surface area contributed by atoms with Gasteiger partial charge in [0.25, 0.3) is 0 Å². The third-order valence-electron chi connectivity index (χ3n) is 5.58. The fraction of sp³-hybridized carbons (Fsp3) is 0.500. The number of pyridine rings is 1. The fourth-order valence-electron chi connectivity index (χ4n) is 3.52. The van der Waals surface area contributed by atoms with Gasteiger partial charge in [0.05, 0.1) is 18.9 Å². The van der Waals surface area contributed by atoms with Crippen molar-refractivity contribution in [2.45, 2.75) is 44.4 Å². The molecule has 0 unspecified atom stereocenters. The first kappa shape index (κ1) is 20.6. The molecule has 1 saturated heterocycles. The van der Waals surface area contributed by atoms with E-state index in [4.69, 9.17) is 10.5 Å². The Kier molecular flexibility index (Phi) is 6.15. The molecule has 0 amide bonds. The van der Waals surface area contributed by atoms with Crippen molar-refractivity contribution in [3.05, 3.63) is 45.9 Å². The van der Waals surface area contributed by atoms with Crippen LogP contribution in [0.25, 0.3) is 17.0 Å². The SMILES string of the molecule is CCCCNC.Nc1nc(-c2c[nH]c3cc(=O)c(C4CC4)nn23)ccc1C1COC1. The zero-order chi connectivity index (χ0) is 21.1. The maximum absolute atomic E-state index is 12.1. The van der Waals surface area contributed by atoms with Crippen LogP contribution in [-0.2, 0) is 4.74 Å². The smallest absolute Gasteiger partial charge is 0.205 e. The van der Waals surface area contributed by atoms with Crippen LogP contribution in [0.3, 0.4) is 0 Å². The van der Waals surface area contributed by atoms with Gasteiger partial charge in [0, 0.05) is 29.7 Å². The molecule has 0 bridgehead atoms. The zero-order valence-electron chi connectivity index (χ0n) is 17.6. The minimum atomic E-state index is -0.00120. The highest BCUT2D eigenvalue weighted by atomic mass is 16.5. The summed E-state index contributed by atoms with van der Waals surface area (Å²) in [4.78, 5) is 19.8. The lowest BCUT2D eigenvalue weighted by molar-refractivity contribution is 0.00861. The second kappa shape index (κ2) is 8.97. The second-order valence-electron chi connectivity index (χ2n) is 8.00. The minimum absolute atomic E-state index is 0.00120. The molecule has 160 valence electrons. The van der Waals surface area contributed by atoms with Crippen molar-refractivity contribution >= 4 is 11.5 Å². The number of ether oxygens (including phenoxy) is 1. The van der Waals surface area contributed by atoms with E-state index in [2.05, 4.69) is 27.3 Å². The van der Waals surface area contributed by atoms with E-state index in [-0.39, 0.29) is 5.43 Å². The van der Waals surface area contributed by atoms with Crippen LogP contribution >= 0.6 is 0 Å². The molecular weight excluding hydrogens is 380 g/mol. The van der Waals surface area contributed by atoms with E-state index in [0.29, 0.717) is 42.2 Å². The van der Waals surface area contributed by atoms with Gasteiger partial charge >= 0.3 is 0 Å². The lowest BCUT2D eigenvalue weighted by Crippen LogP contribution is -2.26. The highest BCUT2D eigenvalue weighted by Crippen LogP contribution is 2.37. The van der Waals surface area contributed by atoms with Gasteiger partial charge in [0.15, 0.2) is 0 Å². The predicted molar refractivity (Wildman–Crippen MR) is 118 cm³/mol. The lowest BCUT2D eigenvalue weighted by atomic mass is 9.98. The van der Waals surface area contributed by atoms with Crippen LogP contribution in [0.1, 0.15) is 55.7 Å². The van der Waals surface area contributed by atoms with Crippen LogP contribution in [0, 0.1) is 0 Å². The molecule has 2 aliphatic rings. The largest absolute Gasteiger partial charge is 0.383 e. The first-order chi connectivity index (χ1) is 14.6. The number of aromatic nitrogens is 4. The predicted octanol–water partition coefficient (Wildman–Crippen LogP) is 2.66. The molecule has 8 heteroatoms. The number of nitrogens with two attached hydrogens (primary N) is 1. The van der Waals surface area contributed by atoms with Crippen LogP contribution in [0.2, 0.25) is 0 Å². The molecule has 3 aromatic heterocycles. The number of unbranched alkanes of at least 4 members (excludes halogenated alkanes) is 1. The molecule has 4 heterocycles. The van der Waals surface area contributed by atoms with E-state index in [0.717, 1.165) is 36.3 Å². The van der Waals surface area contributed by atoms with Gasteiger partial charge in [-0.25, -0.2) is 9.50 Å². The number of H-pyrrole nitrogens is 1. The van der Waals surface area contributed by atoms with Crippen molar-refractivity contribution in [2.24, 2.45) is 0 Å². The number of aromatic amines is 1. The van der Waals surface area contributed by atoms with Crippen molar-refractivity contribution in [1.29, 1.82) is 0 Å². The molecule has 0 radical (unpaired) electrons. The summed E-state index contributed by atoms with van der Waals surface area (Å²) in [6, 6.07) is 5.56. The van der Waals surface area contributed by atoms with Gasteiger partial charge in [0.2, 0.25) is 5.43 Å². The van der Waals surface area contributed by atoms with Crippen LogP contribution < -0.4 is 16.5 Å². The van der Waals surface area contributed by atoms with E-state index >= 15 is 0 Å². The summed E-state index contributed by atoms with van der Waals surface area (Å²) in [5, 5.41) is 7.63. The molecule has 0 aromatic carbocycles. The normalized spacial score (nSPS) is 16.2. The Morgan fingerprint density at radius 3 is 2.67 bits per heavy atom. The molecule has 30 heavy (non-hydrogen) atoms. The molecule has 8 nitrogen and oxygen atoms in total. The monoisotopic (exact) mass is 410 g/mol. The molecule has 1 aliphatic carbocycles. The first-order valence-electron chi connectivity index (χ1n) is 10.7. The molecule has 5 rings (SSSR count). The van der Waals surface area contributed by atoms with Crippen LogP contribution in [-0.4, -0.2) is 46.4 Å². The van der Waals surface area contributed by atoms with Gasteiger partial charge in [-0.2, -0.15) is 5.10 Å². The fourth-order valence-corrected chi connectivity index (χ4v) is 3.52. The zero-order valence-corrected chi connectivity index (χ0v) is 17.6. The Balaban J connectivity index is 0.000000322. The quantitative estimate of drug-likeness (QED) is 0.539. The Morgan fingerprint density at radius 1 is 1.30 bits per heavy atom. The third kappa shape index (κ3) is 4.24. The molecule has 4 N–H and O–H groups in total. The summed E-state index contributed by atoms with van der Waals surface area (Å²) in [5.74, 6) is 1.17. The van der Waals surface area contributed by atoms with Crippen molar-refractivity contribution < 1.29 is 4.74 Å². The average Bonchev–Trinajstić information content (AvgIpc) is 3.46. The number of fused-ring (bicyclic) bond motifs is 1. The summed E-state index contributed by atoms with van der Waals surface area (Å²) in [6.07, 6.45) is 6.48. The second-order valence-corrected chi connectivity index (χ2v) is 8.00. The molecule has 3 aromatic rings. The molecule has 1 aliphatic heterocycles. The Morgan fingerprint density at radius 2 is 2.10 bits per heavy atom. The summed E-state index contributed by atoms with van der Waals surface area (Å²) in [5.41, 5.74) is 10.0. The van der Waals surface area contributed by atoms with Gasteiger partial charge in [-0.1, -0.05) is 19.4 Å². The number of anilines is 1. The van der Waals surface area contributed by atoms with Crippen molar-refractivity contribution in [1.82, 2.24) is 24.9 Å². The topological polar surface area (TPSA) is 110 Å². The molecule has 0 atom stereocenters. The molecule has 0 spiro atoms. The van der Waals surface area contributed by atoms with Gasteiger partial charge in [-0.3, -0.25) is 4.79 Å². The summed E-state index contributed by atoms with van der Waals surface area (Å²) in [6.45, 7) is 4.76. The third-order valence-corrected chi connectivity index (χ3v) is 5.58. The van der Waals surface area contributed by atoms with E-state index in [1.807, 2.05) is 25.4 Å². The number of hydrogen-bond acceptors (Lipinski definition) is 6. The lowest BCUT2D eigenvalue weighted by Gasteiger charge is -2.27. The molecule has 2 fully saturated rings. The van der Waals surface area contributed by atoms with Gasteiger partial charge in [-0.05, 0) is 38.9 Å². The first-order valence-corrected chi connectivity index (χ1v) is 10.7. The van der Waals surface area contributed by atoms with E-state index in [1.165, 1.54) is 12.8 Å². The number of nitrogen functional groups attached to an aromatic ring is 1. The van der Waals surface area contributed by atoms with Gasteiger partial charge in [-0.15, -0.1) is 0 Å². The standard InChI is InChI=1S/C17H17N5O2.C5H13N/c18-17-11(10-7-24-8-10)3-4-12(20-17)13-6-19-15-5-14(23)16(9-1-2-9)21-22(13)15;1-3-4-5-6-2/h3-6,9-10,19H,1-2,7-8H2,(H2,18,20);6H,3-5H2,1-2H3. The number of hydrogen-bond donors (Lipinski definition) is 3. The van der Waals surface area contributed by atoms with Crippen LogP contribution in [0.4, 0.5) is 5.82 Å². The van der Waals surface area contributed by atoms with E-state index in [9.17, 15) is 4.79 Å². The van der Waals surface area contributed by atoms with Crippen LogP contribution in [0.15, 0.2) is 29.2 Å². The highest BCUT2D eigenvalue weighted by Gasteiger charge is 2.29. The van der Waals surface area contributed by atoms with Gasteiger partial charge < -0.3 is 20.8 Å². The molecule has 1 saturated carbocycles. The number of nitrogens with one attached hydrogen (secondary N) is 2. The van der Waals surface area contributed by atoms with Gasteiger partial charge in [0.1, 0.15) is 22.9 Å². The Labute approximate surface area is 175 Å². The summed E-state index contributed by atoms with van der Waals surface area (Å²) >= 11 is 0. The van der Waals surface area contributed by atoms with Crippen LogP contribution in [0.5, 0.6) is 0 Å². The maximum Gasteiger partial charge on any atom is 0.205 e. The highest BCUT2D eigenvalue weighted by molar-refractivity contribution is 5.62. The van der Waals surface area contributed by atoms with Crippen molar-refractivity contribution in [2.75, 3.05) is 32.5 Å². The Bertz CT molecular complexity index is 1060. The van der Waals surface area contributed by atoms with Crippen molar-refractivity contribution in [3.63, 3.8) is 0 Å².